The molecule has 2 atom stereocenters. The van der Waals surface area contributed by atoms with Gasteiger partial charge in [-0.05, 0) is 68.4 Å². The van der Waals surface area contributed by atoms with Crippen LogP contribution in [0.2, 0.25) is 0 Å². The average molecular weight is 468 g/mol. The minimum Gasteiger partial charge on any atom is -0.493 e. The summed E-state index contributed by atoms with van der Waals surface area (Å²) in [6.07, 6.45) is 10.3. The van der Waals surface area contributed by atoms with Gasteiger partial charge in [0.2, 0.25) is 0 Å². The molecular weight excluding hydrogens is 426 g/mol. The summed E-state index contributed by atoms with van der Waals surface area (Å²) >= 11 is 0. The van der Waals surface area contributed by atoms with E-state index in [-0.39, 0.29) is 12.9 Å². The molecule has 1 saturated heterocycles. The number of carbonyl (C=O) groups excluding carboxylic acids is 1. The van der Waals surface area contributed by atoms with E-state index in [2.05, 4.69) is 42.1 Å². The lowest BCUT2D eigenvalue weighted by molar-refractivity contribution is 0.0512. The molecule has 2 aromatic rings. The number of methoxy groups -OCH3 is 1. The van der Waals surface area contributed by atoms with Gasteiger partial charge in [0.1, 0.15) is 0 Å². The number of nitrogens with one attached hydrogen (secondary N) is 1. The molecule has 1 amide bonds. The summed E-state index contributed by atoms with van der Waals surface area (Å²) in [4.78, 5) is 15.4. The molecule has 0 radical (unpaired) electrons. The Bertz CT molecular complexity index is 1010. The fourth-order valence-corrected chi connectivity index (χ4v) is 6.13. The van der Waals surface area contributed by atoms with Crippen LogP contribution >= 0.6 is 0 Å². The van der Waals surface area contributed by atoms with E-state index in [0.717, 1.165) is 32.4 Å². The van der Waals surface area contributed by atoms with Crippen molar-refractivity contribution in [3.05, 3.63) is 47.8 Å². The van der Waals surface area contributed by atoms with Crippen molar-refractivity contribution in [2.45, 2.75) is 76.4 Å². The largest absolute Gasteiger partial charge is 0.493 e. The second-order valence-electron chi connectivity index (χ2n) is 10.7. The highest BCUT2D eigenvalue weighted by Crippen LogP contribution is 2.44. The number of rotatable bonds is 6. The maximum absolute atomic E-state index is 13.4. The third-order valence-electron chi connectivity index (χ3n) is 8.09. The number of carbonyl (C=O) groups is 1. The standard InChI is InChI=1S/C28H39N3O3.H2/c1-20(2)12-18-34-24-11-10-21(19-25(24)33-3)27(32)30-16-13-28(14-17-30)26-9-6-15-31(26)23-8-5-4-7-22(23)29-28;/h6,9-11,15,19-20,22-23,29H,4-5,7-8,12-14,16-18H2,1-3H3;1H/t22-,23+;/m0./s1. The summed E-state index contributed by atoms with van der Waals surface area (Å²) < 4.78 is 14.0. The molecule has 1 aromatic carbocycles. The maximum Gasteiger partial charge on any atom is 0.253 e. The lowest BCUT2D eigenvalue weighted by atomic mass is 9.77. The molecule has 1 N–H and O–H groups in total. The first kappa shape index (κ1) is 23.3. The van der Waals surface area contributed by atoms with Gasteiger partial charge in [-0.3, -0.25) is 4.79 Å². The van der Waals surface area contributed by atoms with Crippen molar-refractivity contribution in [2.75, 3.05) is 26.8 Å². The molecule has 186 valence electrons. The van der Waals surface area contributed by atoms with Crippen LogP contribution in [-0.4, -0.2) is 48.2 Å². The Morgan fingerprint density at radius 3 is 2.74 bits per heavy atom. The van der Waals surface area contributed by atoms with Crippen LogP contribution in [0.3, 0.4) is 0 Å². The Labute approximate surface area is 205 Å². The first-order valence-electron chi connectivity index (χ1n) is 13.1. The summed E-state index contributed by atoms with van der Waals surface area (Å²) in [5.41, 5.74) is 2.05. The zero-order valence-electron chi connectivity index (χ0n) is 20.9. The molecule has 6 nitrogen and oxygen atoms in total. The molecule has 1 saturated carbocycles. The number of amides is 1. The van der Waals surface area contributed by atoms with E-state index >= 15 is 0 Å². The molecule has 2 aliphatic heterocycles. The SMILES string of the molecule is COc1cc(C(=O)N2CCC3(CC2)N[C@H]2CCCC[C@H]2n2cccc23)ccc1OCCC(C)C.[HH]. The van der Waals surface area contributed by atoms with Crippen molar-refractivity contribution in [2.24, 2.45) is 5.92 Å². The summed E-state index contributed by atoms with van der Waals surface area (Å²) in [6.45, 7) is 6.51. The predicted molar refractivity (Wildman–Crippen MR) is 136 cm³/mol. The van der Waals surface area contributed by atoms with Gasteiger partial charge in [-0.2, -0.15) is 0 Å². The van der Waals surface area contributed by atoms with E-state index < -0.39 is 0 Å². The fourth-order valence-electron chi connectivity index (χ4n) is 6.13. The number of nitrogens with zero attached hydrogens (tertiary/aromatic N) is 2. The Morgan fingerprint density at radius 2 is 1.97 bits per heavy atom. The quantitative estimate of drug-likeness (QED) is 0.619. The first-order valence-corrected chi connectivity index (χ1v) is 13.1. The van der Waals surface area contributed by atoms with Gasteiger partial charge in [0.15, 0.2) is 11.5 Å². The van der Waals surface area contributed by atoms with Crippen LogP contribution in [0.5, 0.6) is 11.5 Å². The Kier molecular flexibility index (Phi) is 6.61. The van der Waals surface area contributed by atoms with E-state index in [4.69, 9.17) is 9.47 Å². The van der Waals surface area contributed by atoms with Crippen molar-refractivity contribution in [1.29, 1.82) is 0 Å². The van der Waals surface area contributed by atoms with Crippen molar-refractivity contribution >= 4 is 5.91 Å². The number of likely N-dealkylation sites (tertiary alicyclic amines) is 1. The monoisotopic (exact) mass is 467 g/mol. The first-order chi connectivity index (χ1) is 16.5. The molecule has 2 fully saturated rings. The normalized spacial score (nSPS) is 23.5. The summed E-state index contributed by atoms with van der Waals surface area (Å²) in [5, 5.41) is 4.07. The van der Waals surface area contributed by atoms with E-state index in [9.17, 15) is 4.79 Å². The number of ether oxygens (including phenoxy) is 2. The molecule has 0 unspecified atom stereocenters. The summed E-state index contributed by atoms with van der Waals surface area (Å²) in [7, 11) is 1.63. The summed E-state index contributed by atoms with van der Waals surface area (Å²) in [6, 6.07) is 11.2. The van der Waals surface area contributed by atoms with Crippen molar-refractivity contribution < 1.29 is 15.7 Å². The fraction of sp³-hybridized carbons (Fsp3) is 0.607. The van der Waals surface area contributed by atoms with Crippen molar-refractivity contribution in [1.82, 2.24) is 14.8 Å². The lowest BCUT2D eigenvalue weighted by Gasteiger charge is -2.52. The highest BCUT2D eigenvalue weighted by atomic mass is 16.5. The van der Waals surface area contributed by atoms with Crippen molar-refractivity contribution in [3.8, 4) is 11.5 Å². The van der Waals surface area contributed by atoms with Gasteiger partial charge in [-0.15, -0.1) is 0 Å². The van der Waals surface area contributed by atoms with Crippen LogP contribution in [0.4, 0.5) is 0 Å². The second-order valence-corrected chi connectivity index (χ2v) is 10.7. The van der Waals surface area contributed by atoms with E-state index in [1.807, 2.05) is 23.1 Å². The molecule has 0 bridgehead atoms. The smallest absolute Gasteiger partial charge is 0.253 e. The number of hydrogen-bond acceptors (Lipinski definition) is 4. The minimum absolute atomic E-state index is 0. The highest BCUT2D eigenvalue weighted by Gasteiger charge is 2.46. The Hall–Kier alpha value is -2.47. The summed E-state index contributed by atoms with van der Waals surface area (Å²) in [5.74, 6) is 1.98. The molecular formula is C28H41N3O3. The zero-order chi connectivity index (χ0) is 23.7. The molecule has 6 heteroatoms. The van der Waals surface area contributed by atoms with Crippen LogP contribution in [0, 0.1) is 5.92 Å². The van der Waals surface area contributed by atoms with Gasteiger partial charge in [-0.25, -0.2) is 0 Å². The topological polar surface area (TPSA) is 55.7 Å². The van der Waals surface area contributed by atoms with Gasteiger partial charge in [0.05, 0.1) is 19.3 Å². The van der Waals surface area contributed by atoms with Gasteiger partial charge in [-0.1, -0.05) is 26.7 Å². The van der Waals surface area contributed by atoms with Crippen LogP contribution in [-0.2, 0) is 5.54 Å². The molecule has 34 heavy (non-hydrogen) atoms. The zero-order valence-corrected chi connectivity index (χ0v) is 20.9. The molecule has 1 spiro atoms. The number of aromatic nitrogens is 1. The van der Waals surface area contributed by atoms with E-state index in [0.29, 0.717) is 41.7 Å². The van der Waals surface area contributed by atoms with Gasteiger partial charge >= 0.3 is 0 Å². The lowest BCUT2D eigenvalue weighted by Crippen LogP contribution is -2.61. The molecule has 5 rings (SSSR count). The Balaban J connectivity index is 0.00000289. The highest BCUT2D eigenvalue weighted by molar-refractivity contribution is 5.95. The molecule has 3 aliphatic rings. The second kappa shape index (κ2) is 9.65. The number of piperidine rings is 1. The molecule has 3 heterocycles. The van der Waals surface area contributed by atoms with Crippen LogP contribution < -0.4 is 14.8 Å². The maximum atomic E-state index is 13.4. The van der Waals surface area contributed by atoms with Gasteiger partial charge < -0.3 is 24.3 Å². The Morgan fingerprint density at radius 1 is 1.18 bits per heavy atom. The van der Waals surface area contributed by atoms with Gasteiger partial charge in [0, 0.05) is 44.1 Å². The molecule has 1 aliphatic carbocycles. The average Bonchev–Trinajstić information content (AvgIpc) is 3.36. The van der Waals surface area contributed by atoms with Crippen LogP contribution in [0.25, 0.3) is 0 Å². The van der Waals surface area contributed by atoms with Gasteiger partial charge in [0.25, 0.3) is 5.91 Å². The van der Waals surface area contributed by atoms with Crippen LogP contribution in [0.15, 0.2) is 36.5 Å². The third kappa shape index (κ3) is 4.33. The van der Waals surface area contributed by atoms with Crippen LogP contribution in [0.1, 0.15) is 82.3 Å². The predicted octanol–water partition coefficient (Wildman–Crippen LogP) is 5.39. The number of fused-ring (bicyclic) bond motifs is 4. The minimum atomic E-state index is -0.0232. The van der Waals surface area contributed by atoms with E-state index in [1.54, 1.807) is 7.11 Å². The molecule has 1 aromatic heterocycles. The number of benzene rings is 1. The number of hydrogen-bond donors (Lipinski definition) is 1. The third-order valence-corrected chi connectivity index (χ3v) is 8.09. The van der Waals surface area contributed by atoms with E-state index in [1.165, 1.54) is 31.4 Å². The van der Waals surface area contributed by atoms with Crippen molar-refractivity contribution in [3.63, 3.8) is 0 Å².